The lowest BCUT2D eigenvalue weighted by Gasteiger charge is -2.42. The van der Waals surface area contributed by atoms with Gasteiger partial charge in [0, 0.05) is 29.5 Å². The van der Waals surface area contributed by atoms with Crippen LogP contribution in [0.1, 0.15) is 28.8 Å². The molecule has 0 spiro atoms. The van der Waals surface area contributed by atoms with Crippen LogP contribution < -0.4 is 10.2 Å². The van der Waals surface area contributed by atoms with Crippen LogP contribution in [0, 0.1) is 13.8 Å². The van der Waals surface area contributed by atoms with Crippen LogP contribution in [0.4, 0.5) is 33.5 Å². The van der Waals surface area contributed by atoms with E-state index >= 15 is 0 Å². The van der Waals surface area contributed by atoms with Gasteiger partial charge in [-0.05, 0) is 63.7 Å². The molecule has 1 atom stereocenters. The van der Waals surface area contributed by atoms with Crippen LogP contribution in [0.25, 0.3) is 10.8 Å². The number of nitrogens with one attached hydrogen (secondary N) is 1. The maximum Gasteiger partial charge on any atom is 0.416 e. The number of rotatable bonds is 5. The topological polar surface area (TPSA) is 44.3 Å². The fourth-order valence-corrected chi connectivity index (χ4v) is 4.75. The molecule has 4 rings (SSSR count). The van der Waals surface area contributed by atoms with E-state index in [1.54, 1.807) is 49.0 Å². The minimum absolute atomic E-state index is 0.110. The van der Waals surface area contributed by atoms with Crippen molar-refractivity contribution in [2.75, 3.05) is 37.4 Å². The molecule has 1 aliphatic heterocycles. The van der Waals surface area contributed by atoms with E-state index in [4.69, 9.17) is 0 Å². The molecule has 5 nitrogen and oxygen atoms in total. The van der Waals surface area contributed by atoms with Crippen molar-refractivity contribution in [1.29, 1.82) is 0 Å². The molecule has 1 aromatic heterocycles. The molecule has 1 unspecified atom stereocenters. The second-order valence-electron chi connectivity index (χ2n) is 9.26. The average molecular weight is 494 g/mol. The maximum atomic E-state index is 14.8. The Balaban J connectivity index is 1.63. The van der Waals surface area contributed by atoms with E-state index in [0.29, 0.717) is 41.1 Å². The number of halogens is 5. The molecule has 1 N–H and O–H groups in total. The van der Waals surface area contributed by atoms with Crippen LogP contribution in [0.3, 0.4) is 0 Å². The summed E-state index contributed by atoms with van der Waals surface area (Å²) >= 11 is 0. The third kappa shape index (κ3) is 5.03. The molecular weight excluding hydrogens is 465 g/mol. The molecule has 0 saturated carbocycles. The molecule has 0 aliphatic carbocycles. The summed E-state index contributed by atoms with van der Waals surface area (Å²) in [6.07, 6.45) is -4.11. The van der Waals surface area contributed by atoms with Crippen molar-refractivity contribution in [3.8, 4) is 0 Å². The van der Waals surface area contributed by atoms with Gasteiger partial charge >= 0.3 is 6.18 Å². The van der Waals surface area contributed by atoms with Gasteiger partial charge in [-0.15, -0.1) is 5.10 Å². The minimum Gasteiger partial charge on any atom is -0.365 e. The molecule has 1 aliphatic rings. The Bertz CT molecular complexity index is 1220. The van der Waals surface area contributed by atoms with E-state index in [2.05, 4.69) is 15.5 Å². The summed E-state index contributed by atoms with van der Waals surface area (Å²) in [5, 5.41) is 13.0. The van der Waals surface area contributed by atoms with E-state index < -0.39 is 30.2 Å². The number of benzene rings is 2. The number of piperidine rings is 1. The minimum atomic E-state index is -4.44. The fraction of sp³-hybridized carbons (Fsp3) is 0.440. The quantitative estimate of drug-likeness (QED) is 0.465. The van der Waals surface area contributed by atoms with E-state index in [9.17, 15) is 22.0 Å². The zero-order chi connectivity index (χ0) is 25.5. The molecule has 35 heavy (non-hydrogen) atoms. The SMILES string of the molecule is Cc1c(CNc2nnc(C)c3ccc(N4CCC(N(C)C)C(F)(F)C4)cc23)cccc1C(F)(F)F. The predicted octanol–water partition coefficient (Wildman–Crippen LogP) is 5.65. The van der Waals surface area contributed by atoms with E-state index in [-0.39, 0.29) is 12.1 Å². The second kappa shape index (κ2) is 9.22. The molecule has 2 heterocycles. The van der Waals surface area contributed by atoms with Crippen LogP contribution >= 0.6 is 0 Å². The highest BCUT2D eigenvalue weighted by molar-refractivity contribution is 5.95. The van der Waals surface area contributed by atoms with Gasteiger partial charge in [-0.3, -0.25) is 0 Å². The van der Waals surface area contributed by atoms with Crippen LogP contribution in [-0.2, 0) is 12.7 Å². The molecule has 188 valence electrons. The first-order valence-corrected chi connectivity index (χ1v) is 11.3. The lowest BCUT2D eigenvalue weighted by Crippen LogP contribution is -2.56. The summed E-state index contributed by atoms with van der Waals surface area (Å²) in [5.74, 6) is -2.48. The number of fused-ring (bicyclic) bond motifs is 1. The molecule has 0 amide bonds. The molecule has 1 saturated heterocycles. The monoisotopic (exact) mass is 493 g/mol. The standard InChI is InChI=1S/C25H28F5N5/c1-15-17(6-5-7-21(15)25(28,29)30)13-31-23-20-12-18(8-9-19(20)16(2)32-33-23)35-11-10-22(34(3)4)24(26,27)14-35/h5-9,12,22H,10-11,13-14H2,1-4H3,(H,31,33). The Morgan fingerprint density at radius 2 is 1.83 bits per heavy atom. The van der Waals surface area contributed by atoms with Gasteiger partial charge in [0.2, 0.25) is 0 Å². The summed E-state index contributed by atoms with van der Waals surface area (Å²) in [5.41, 5.74) is 1.26. The summed E-state index contributed by atoms with van der Waals surface area (Å²) in [7, 11) is 3.32. The Labute approximate surface area is 200 Å². The molecule has 10 heteroatoms. The molecule has 1 fully saturated rings. The lowest BCUT2D eigenvalue weighted by atomic mass is 9.98. The summed E-state index contributed by atoms with van der Waals surface area (Å²) in [4.78, 5) is 3.23. The fourth-order valence-electron chi connectivity index (χ4n) is 4.75. The lowest BCUT2D eigenvalue weighted by molar-refractivity contribution is -0.138. The summed E-state index contributed by atoms with van der Waals surface area (Å²) < 4.78 is 69.4. The van der Waals surface area contributed by atoms with Crippen molar-refractivity contribution in [3.05, 3.63) is 58.8 Å². The van der Waals surface area contributed by atoms with Gasteiger partial charge < -0.3 is 15.1 Å². The largest absolute Gasteiger partial charge is 0.416 e. The predicted molar refractivity (Wildman–Crippen MR) is 127 cm³/mol. The van der Waals surface area contributed by atoms with Gasteiger partial charge in [0.15, 0.2) is 5.82 Å². The number of hydrogen-bond donors (Lipinski definition) is 1. The number of aromatic nitrogens is 2. The van der Waals surface area contributed by atoms with E-state index in [1.165, 1.54) is 13.0 Å². The van der Waals surface area contributed by atoms with Crippen molar-refractivity contribution >= 4 is 22.3 Å². The van der Waals surface area contributed by atoms with Crippen molar-refractivity contribution in [1.82, 2.24) is 15.1 Å². The first-order chi connectivity index (χ1) is 16.4. The normalized spacial score (nSPS) is 18.3. The first kappa shape index (κ1) is 25.1. The van der Waals surface area contributed by atoms with Gasteiger partial charge in [0.1, 0.15) is 0 Å². The number of hydrogen-bond acceptors (Lipinski definition) is 5. The van der Waals surface area contributed by atoms with Crippen LogP contribution in [-0.4, -0.2) is 54.2 Å². The highest BCUT2D eigenvalue weighted by Crippen LogP contribution is 2.36. The molecule has 0 radical (unpaired) electrons. The zero-order valence-corrected chi connectivity index (χ0v) is 20.0. The van der Waals surface area contributed by atoms with Gasteiger partial charge in [-0.25, -0.2) is 8.78 Å². The Kier molecular flexibility index (Phi) is 6.61. The zero-order valence-electron chi connectivity index (χ0n) is 20.0. The molecular formula is C25H28F5N5. The van der Waals surface area contributed by atoms with Crippen molar-refractivity contribution in [3.63, 3.8) is 0 Å². The number of aryl methyl sites for hydroxylation is 1. The summed E-state index contributed by atoms with van der Waals surface area (Å²) in [6, 6.07) is 8.66. The third-order valence-corrected chi connectivity index (χ3v) is 6.70. The second-order valence-corrected chi connectivity index (χ2v) is 9.26. The summed E-state index contributed by atoms with van der Waals surface area (Å²) in [6.45, 7) is 3.43. The van der Waals surface area contributed by atoms with Gasteiger partial charge in [0.05, 0.1) is 23.8 Å². The van der Waals surface area contributed by atoms with Gasteiger partial charge in [0.25, 0.3) is 5.92 Å². The average Bonchev–Trinajstić information content (AvgIpc) is 2.77. The van der Waals surface area contributed by atoms with Crippen LogP contribution in [0.15, 0.2) is 36.4 Å². The Morgan fingerprint density at radius 1 is 1.09 bits per heavy atom. The highest BCUT2D eigenvalue weighted by atomic mass is 19.4. The number of alkyl halides is 5. The Hall–Kier alpha value is -3.01. The maximum absolute atomic E-state index is 14.8. The molecule has 0 bridgehead atoms. The molecule has 3 aromatic rings. The van der Waals surface area contributed by atoms with Gasteiger partial charge in [-0.1, -0.05) is 18.2 Å². The van der Waals surface area contributed by atoms with E-state index in [0.717, 1.165) is 11.5 Å². The van der Waals surface area contributed by atoms with Crippen molar-refractivity contribution in [2.24, 2.45) is 0 Å². The highest BCUT2D eigenvalue weighted by Gasteiger charge is 2.45. The smallest absolute Gasteiger partial charge is 0.365 e. The number of nitrogens with zero attached hydrogens (tertiary/aromatic N) is 4. The number of anilines is 2. The third-order valence-electron chi connectivity index (χ3n) is 6.70. The Morgan fingerprint density at radius 3 is 2.49 bits per heavy atom. The van der Waals surface area contributed by atoms with Gasteiger partial charge in [-0.2, -0.15) is 18.3 Å². The first-order valence-electron chi connectivity index (χ1n) is 11.3. The van der Waals surface area contributed by atoms with E-state index in [1.807, 2.05) is 6.07 Å². The molecule has 2 aromatic carbocycles. The van der Waals surface area contributed by atoms with Crippen molar-refractivity contribution in [2.45, 2.75) is 45.0 Å². The van der Waals surface area contributed by atoms with Crippen LogP contribution in [0.2, 0.25) is 0 Å². The van der Waals surface area contributed by atoms with Crippen LogP contribution in [0.5, 0.6) is 0 Å². The van der Waals surface area contributed by atoms with Crippen molar-refractivity contribution < 1.29 is 22.0 Å².